The van der Waals surface area contributed by atoms with Crippen molar-refractivity contribution in [2.45, 2.75) is 6.42 Å². The van der Waals surface area contributed by atoms with Gasteiger partial charge in [0.2, 0.25) is 0 Å². The van der Waals surface area contributed by atoms with Gasteiger partial charge in [0.05, 0.1) is 0 Å². The fraction of sp³-hybridized carbons (Fsp3) is 0.0769. The Hall–Kier alpha value is -1.41. The molecule has 0 bridgehead atoms. The van der Waals surface area contributed by atoms with Crippen LogP contribution < -0.4 is 0 Å². The van der Waals surface area contributed by atoms with Crippen LogP contribution in [0.15, 0.2) is 54.1 Å². The second-order valence-corrected chi connectivity index (χ2v) is 6.90. The Morgan fingerprint density at radius 3 is 1.40 bits per heavy atom. The average molecular weight is 459 g/mol. The summed E-state index contributed by atoms with van der Waals surface area (Å²) in [5.74, 6) is 2.11. The Morgan fingerprint density at radius 2 is 1.03 bits per heavy atom. The van der Waals surface area contributed by atoms with Crippen molar-refractivity contribution >= 4 is 17.2 Å². The summed E-state index contributed by atoms with van der Waals surface area (Å²) in [5.41, 5.74) is 4.20. The van der Waals surface area contributed by atoms with Gasteiger partial charge in [-0.25, -0.2) is 0 Å². The topological polar surface area (TPSA) is 40.5 Å². The third-order valence-corrected chi connectivity index (χ3v) is 4.71. The Kier molecular flexibility index (Phi) is 10.9. The molecule has 0 spiro atoms. The van der Waals surface area contributed by atoms with Crippen molar-refractivity contribution in [3.63, 3.8) is 0 Å². The Bertz CT molecular complexity index is 719. The first kappa shape index (κ1) is 24.9. The summed E-state index contributed by atoms with van der Waals surface area (Å²) >= 11 is 6.07. The van der Waals surface area contributed by atoms with Crippen LogP contribution in [0.2, 0.25) is 0 Å². The van der Waals surface area contributed by atoms with Crippen molar-refractivity contribution in [3.8, 4) is 11.5 Å². The molecule has 4 rings (SSSR count). The van der Waals surface area contributed by atoms with E-state index < -0.39 is 0 Å². The molecule has 30 heavy (non-hydrogen) atoms. The van der Waals surface area contributed by atoms with Crippen LogP contribution in [0.3, 0.4) is 0 Å². The van der Waals surface area contributed by atoms with Gasteiger partial charge in [0.25, 0.3) is 0 Å². The number of aromatic hydroxyl groups is 2. The molecule has 152 valence electrons. The minimum atomic E-state index is 0. The molecular weight excluding hydrogens is 436 g/mol. The van der Waals surface area contributed by atoms with Gasteiger partial charge < -0.3 is 10.2 Å². The fourth-order valence-corrected chi connectivity index (χ4v) is 3.36. The van der Waals surface area contributed by atoms with E-state index in [2.05, 4.69) is 12.8 Å². The van der Waals surface area contributed by atoms with Gasteiger partial charge in [-0.3, -0.25) is 0 Å². The number of phenols is 2. The maximum Gasteiger partial charge on any atom is 2.00 e. The standard InChI is InChI=1S/C21H18ClO2.C5H5.Fe/c22-14-13-20(15-3-1-2-4-15)21(16-5-9-18(23)10-6-16)17-7-11-19(24)12-8-17;1-2-4-5-3-1;/h1-12,23-24H,13-14H2;1-5H;/q;;+2. The van der Waals surface area contributed by atoms with Crippen molar-refractivity contribution in [1.29, 1.82) is 0 Å². The minimum Gasteiger partial charge on any atom is -0.508 e. The maximum atomic E-state index is 9.60. The first-order valence-electron chi connectivity index (χ1n) is 9.45. The van der Waals surface area contributed by atoms with Gasteiger partial charge in [-0.05, 0) is 105 Å². The molecule has 2 nitrogen and oxygen atoms in total. The predicted molar refractivity (Wildman–Crippen MR) is 120 cm³/mol. The van der Waals surface area contributed by atoms with Crippen LogP contribution in [-0.4, -0.2) is 16.1 Å². The average Bonchev–Trinajstić information content (AvgIpc) is 3.47. The molecule has 0 unspecified atom stereocenters. The molecule has 10 radical (unpaired) electrons. The van der Waals surface area contributed by atoms with E-state index >= 15 is 0 Å². The molecule has 2 aromatic carbocycles. The normalized spacial score (nSPS) is 15.8. The number of hydrogen-bond acceptors (Lipinski definition) is 2. The van der Waals surface area contributed by atoms with Crippen LogP contribution in [0.5, 0.6) is 11.5 Å². The van der Waals surface area contributed by atoms with E-state index in [-0.39, 0.29) is 28.6 Å². The summed E-state index contributed by atoms with van der Waals surface area (Å²) in [4.78, 5) is 0. The number of allylic oxidation sites excluding steroid dienone is 1. The predicted octanol–water partition coefficient (Wildman–Crippen LogP) is 5.95. The number of rotatable bonds is 5. The first-order chi connectivity index (χ1) is 14.2. The van der Waals surface area contributed by atoms with Gasteiger partial charge in [0, 0.05) is 11.8 Å². The number of hydrogen-bond donors (Lipinski definition) is 2. The number of phenolic OH excluding ortho intramolecular Hbond substituents is 2. The third-order valence-electron chi connectivity index (χ3n) is 4.52. The number of benzene rings is 2. The van der Waals surface area contributed by atoms with Crippen molar-refractivity contribution < 1.29 is 27.3 Å². The summed E-state index contributed by atoms with van der Waals surface area (Å²) < 4.78 is 0. The van der Waals surface area contributed by atoms with E-state index in [0.717, 1.165) is 34.6 Å². The van der Waals surface area contributed by atoms with E-state index in [9.17, 15) is 10.2 Å². The largest absolute Gasteiger partial charge is 2.00 e. The number of halogens is 1. The van der Waals surface area contributed by atoms with Crippen LogP contribution >= 0.6 is 11.6 Å². The smallest absolute Gasteiger partial charge is 0.508 e. The molecule has 0 aromatic heterocycles. The molecule has 4 heteroatoms. The SMILES string of the molecule is Oc1ccc(C(=C(CCCl)[C]2[CH][CH][CH][CH]2)c2ccc(O)cc2)cc1.[CH]1[CH][CH][CH][CH]1.[Fe+2]. The molecule has 0 amide bonds. The molecule has 0 saturated heterocycles. The molecule has 0 heterocycles. The second-order valence-electron chi connectivity index (χ2n) is 6.52. The van der Waals surface area contributed by atoms with E-state index in [4.69, 9.17) is 11.6 Å². The second kappa shape index (κ2) is 13.1. The van der Waals surface area contributed by atoms with Gasteiger partial charge in [0.15, 0.2) is 0 Å². The zero-order valence-corrected chi connectivity index (χ0v) is 18.2. The molecule has 2 aliphatic carbocycles. The van der Waals surface area contributed by atoms with Gasteiger partial charge in [-0.2, -0.15) is 0 Å². The summed E-state index contributed by atoms with van der Waals surface area (Å²) in [6.07, 6.45) is 18.9. The summed E-state index contributed by atoms with van der Waals surface area (Å²) in [7, 11) is 0. The van der Waals surface area contributed by atoms with Crippen LogP contribution in [0.4, 0.5) is 0 Å². The van der Waals surface area contributed by atoms with Gasteiger partial charge in [-0.1, -0.05) is 29.8 Å². The summed E-state index contributed by atoms with van der Waals surface area (Å²) in [5, 5.41) is 19.2. The monoisotopic (exact) mass is 458 g/mol. The van der Waals surface area contributed by atoms with E-state index in [0.29, 0.717) is 5.88 Å². The molecule has 2 N–H and O–H groups in total. The molecule has 2 aromatic rings. The summed E-state index contributed by atoms with van der Waals surface area (Å²) in [6, 6.07) is 14.3. The van der Waals surface area contributed by atoms with Crippen molar-refractivity contribution in [2.24, 2.45) is 0 Å². The fourth-order valence-electron chi connectivity index (χ4n) is 3.18. The van der Waals surface area contributed by atoms with E-state index in [1.54, 1.807) is 24.3 Å². The van der Waals surface area contributed by atoms with Crippen LogP contribution in [0.1, 0.15) is 17.5 Å². The quantitative estimate of drug-likeness (QED) is 0.429. The maximum absolute atomic E-state index is 9.60. The first-order valence-corrected chi connectivity index (χ1v) is 9.99. The van der Waals surface area contributed by atoms with Crippen molar-refractivity contribution in [2.75, 3.05) is 5.88 Å². The Balaban J connectivity index is 0.000000468. The molecule has 0 aliphatic heterocycles. The zero-order chi connectivity index (χ0) is 20.5. The molecular formula is C26H23ClFeO2+2. The third kappa shape index (κ3) is 7.08. The molecule has 0 atom stereocenters. The Morgan fingerprint density at radius 1 is 0.633 bits per heavy atom. The van der Waals surface area contributed by atoms with E-state index in [1.807, 2.05) is 69.2 Å². The molecule has 2 aliphatic rings. The zero-order valence-electron chi connectivity index (χ0n) is 16.4. The van der Waals surface area contributed by atoms with Crippen LogP contribution in [-0.2, 0) is 17.1 Å². The van der Waals surface area contributed by atoms with Crippen molar-refractivity contribution in [1.82, 2.24) is 0 Å². The van der Waals surface area contributed by atoms with E-state index in [1.165, 1.54) is 0 Å². The van der Waals surface area contributed by atoms with Crippen molar-refractivity contribution in [3.05, 3.63) is 129 Å². The van der Waals surface area contributed by atoms with Gasteiger partial charge in [-0.15, -0.1) is 11.6 Å². The van der Waals surface area contributed by atoms with Crippen LogP contribution in [0.25, 0.3) is 5.57 Å². The molecule has 2 saturated carbocycles. The summed E-state index contributed by atoms with van der Waals surface area (Å²) in [6.45, 7) is 0. The Labute approximate surface area is 196 Å². The van der Waals surface area contributed by atoms with Gasteiger partial charge in [0.1, 0.15) is 11.5 Å². The minimum absolute atomic E-state index is 0. The molecule has 2 fully saturated rings. The van der Waals surface area contributed by atoms with Gasteiger partial charge >= 0.3 is 17.1 Å². The number of alkyl halides is 1. The van der Waals surface area contributed by atoms with Crippen LogP contribution in [0, 0.1) is 63.7 Å².